The molecule has 0 N–H and O–H groups in total. The first-order valence-electron chi connectivity index (χ1n) is 10.5. The normalized spacial score (nSPS) is 19.1. The third kappa shape index (κ3) is 5.08. The van der Waals surface area contributed by atoms with Crippen LogP contribution < -0.4 is 0 Å². The van der Waals surface area contributed by atoms with Crippen molar-refractivity contribution in [2.24, 2.45) is 0 Å². The Bertz CT molecular complexity index is 948. The zero-order valence-corrected chi connectivity index (χ0v) is 18.7. The molecule has 0 aliphatic carbocycles. The fourth-order valence-electron chi connectivity index (χ4n) is 3.99. The summed E-state index contributed by atoms with van der Waals surface area (Å²) in [5.74, 6) is 0.0693. The van der Waals surface area contributed by atoms with Crippen molar-refractivity contribution < 1.29 is 13.2 Å². The molecule has 2 aliphatic heterocycles. The van der Waals surface area contributed by atoms with E-state index in [1.54, 1.807) is 22.6 Å². The van der Waals surface area contributed by atoms with Crippen LogP contribution in [0.5, 0.6) is 0 Å². The number of carbonyl (C=O) groups is 1. The summed E-state index contributed by atoms with van der Waals surface area (Å²) < 4.78 is 27.5. The predicted molar refractivity (Wildman–Crippen MR) is 117 cm³/mol. The van der Waals surface area contributed by atoms with Gasteiger partial charge in [0, 0.05) is 63.1 Å². The lowest BCUT2D eigenvalue weighted by atomic mass is 10.2. The maximum absolute atomic E-state index is 12.8. The molecule has 0 atom stereocenters. The van der Waals surface area contributed by atoms with E-state index in [2.05, 4.69) is 16.0 Å². The lowest BCUT2D eigenvalue weighted by molar-refractivity contribution is -0.132. The zero-order chi connectivity index (χ0) is 21.0. The number of amides is 1. The average Bonchev–Trinajstić information content (AvgIpc) is 3.25. The molecule has 2 aliphatic rings. The zero-order valence-electron chi connectivity index (χ0n) is 17.1. The summed E-state index contributed by atoms with van der Waals surface area (Å²) in [6.07, 6.45) is 6.84. The second-order valence-corrected chi connectivity index (χ2v) is 11.2. The van der Waals surface area contributed by atoms with Crippen LogP contribution in [-0.4, -0.2) is 72.7 Å². The Hall–Kier alpha value is -1.81. The van der Waals surface area contributed by atoms with Gasteiger partial charge >= 0.3 is 0 Å². The van der Waals surface area contributed by atoms with Crippen molar-refractivity contribution in [3.63, 3.8) is 0 Å². The summed E-state index contributed by atoms with van der Waals surface area (Å²) in [5, 5.41) is 0. The van der Waals surface area contributed by atoms with E-state index in [0.29, 0.717) is 30.4 Å². The molecule has 2 aromatic rings. The fraction of sp³-hybridized carbons (Fsp3) is 0.524. The molecule has 2 fully saturated rings. The van der Waals surface area contributed by atoms with Crippen LogP contribution in [-0.2, 0) is 27.8 Å². The minimum Gasteiger partial charge on any atom is -0.340 e. The first-order chi connectivity index (χ1) is 14.5. The van der Waals surface area contributed by atoms with Crippen LogP contribution in [0.25, 0.3) is 0 Å². The molecule has 0 radical (unpaired) electrons. The topological polar surface area (TPSA) is 73.8 Å². The highest BCUT2D eigenvalue weighted by Crippen LogP contribution is 2.27. The largest absolute Gasteiger partial charge is 0.340 e. The summed E-state index contributed by atoms with van der Waals surface area (Å²) in [4.78, 5) is 21.9. The molecular weight excluding hydrogens is 420 g/mol. The summed E-state index contributed by atoms with van der Waals surface area (Å²) in [6, 6.07) is 7.45. The lowest BCUT2D eigenvalue weighted by Gasteiger charge is -2.34. The number of rotatable bonds is 6. The third-order valence-corrected chi connectivity index (χ3v) is 9.18. The van der Waals surface area contributed by atoms with E-state index in [0.717, 1.165) is 43.8 Å². The summed E-state index contributed by atoms with van der Waals surface area (Å²) in [7, 11) is -3.42. The Kier molecular flexibility index (Phi) is 6.82. The summed E-state index contributed by atoms with van der Waals surface area (Å²) in [6.45, 7) is 5.10. The van der Waals surface area contributed by atoms with E-state index < -0.39 is 10.0 Å². The molecule has 0 saturated carbocycles. The van der Waals surface area contributed by atoms with E-state index in [1.807, 2.05) is 17.2 Å². The van der Waals surface area contributed by atoms with E-state index in [4.69, 9.17) is 0 Å². The number of aromatic nitrogens is 1. The van der Waals surface area contributed by atoms with Gasteiger partial charge in [-0.25, -0.2) is 8.42 Å². The van der Waals surface area contributed by atoms with Crippen molar-refractivity contribution >= 4 is 27.3 Å². The van der Waals surface area contributed by atoms with E-state index in [1.165, 1.54) is 16.9 Å². The van der Waals surface area contributed by atoms with Gasteiger partial charge < -0.3 is 4.90 Å². The monoisotopic (exact) mass is 448 g/mol. The molecule has 2 aromatic heterocycles. The molecule has 1 amide bonds. The van der Waals surface area contributed by atoms with Gasteiger partial charge in [-0.3, -0.25) is 14.7 Å². The van der Waals surface area contributed by atoms with Gasteiger partial charge in [0.25, 0.3) is 10.0 Å². The highest BCUT2D eigenvalue weighted by molar-refractivity contribution is 7.91. The molecule has 0 bridgehead atoms. The number of thiophene rings is 1. The molecule has 2 saturated heterocycles. The Labute approximate surface area is 182 Å². The van der Waals surface area contributed by atoms with Crippen LogP contribution in [0.2, 0.25) is 0 Å². The number of carbonyl (C=O) groups excluding carboxylic acids is 1. The van der Waals surface area contributed by atoms with Crippen LogP contribution in [0.4, 0.5) is 0 Å². The molecule has 9 heteroatoms. The molecule has 4 rings (SSSR count). The molecule has 7 nitrogen and oxygen atoms in total. The number of sulfonamides is 1. The van der Waals surface area contributed by atoms with Crippen molar-refractivity contribution in [3.8, 4) is 0 Å². The van der Waals surface area contributed by atoms with Crippen LogP contribution in [0.15, 0.2) is 40.9 Å². The maximum Gasteiger partial charge on any atom is 0.252 e. The second kappa shape index (κ2) is 9.55. The van der Waals surface area contributed by atoms with Gasteiger partial charge in [0.1, 0.15) is 4.21 Å². The Morgan fingerprint density at radius 3 is 2.47 bits per heavy atom. The quantitative estimate of drug-likeness (QED) is 0.677. The molecule has 0 aromatic carbocycles. The number of hydrogen-bond donors (Lipinski definition) is 0. The van der Waals surface area contributed by atoms with E-state index in [-0.39, 0.29) is 12.3 Å². The fourth-order valence-corrected chi connectivity index (χ4v) is 7.01. The maximum atomic E-state index is 12.8. The van der Waals surface area contributed by atoms with Gasteiger partial charge in [-0.05, 0) is 36.6 Å². The average molecular weight is 449 g/mol. The molecule has 30 heavy (non-hydrogen) atoms. The van der Waals surface area contributed by atoms with Crippen LogP contribution >= 0.6 is 11.3 Å². The van der Waals surface area contributed by atoms with Crippen molar-refractivity contribution in [2.45, 2.75) is 36.4 Å². The smallest absolute Gasteiger partial charge is 0.252 e. The molecule has 4 heterocycles. The minimum absolute atomic E-state index is 0.0693. The van der Waals surface area contributed by atoms with E-state index >= 15 is 0 Å². The van der Waals surface area contributed by atoms with Gasteiger partial charge in [-0.1, -0.05) is 12.5 Å². The van der Waals surface area contributed by atoms with Gasteiger partial charge in [0.2, 0.25) is 5.91 Å². The van der Waals surface area contributed by atoms with Gasteiger partial charge in [-0.2, -0.15) is 4.31 Å². The van der Waals surface area contributed by atoms with Crippen molar-refractivity contribution in [1.29, 1.82) is 0 Å². The van der Waals surface area contributed by atoms with Crippen molar-refractivity contribution in [2.75, 3.05) is 39.3 Å². The minimum atomic E-state index is -3.42. The summed E-state index contributed by atoms with van der Waals surface area (Å²) in [5.41, 5.74) is 1.18. The first-order valence-corrected chi connectivity index (χ1v) is 12.8. The molecule has 0 spiro atoms. The highest BCUT2D eigenvalue weighted by Gasteiger charge is 2.28. The number of nitrogens with zero attached hydrogens (tertiary/aromatic N) is 4. The van der Waals surface area contributed by atoms with Crippen molar-refractivity contribution in [3.05, 3.63) is 47.1 Å². The Morgan fingerprint density at radius 2 is 1.77 bits per heavy atom. The Morgan fingerprint density at radius 1 is 1.00 bits per heavy atom. The molecule has 162 valence electrons. The molecular formula is C21H28N4O3S2. The number of piperidine rings is 1. The van der Waals surface area contributed by atoms with Gasteiger partial charge in [0.05, 0.1) is 6.42 Å². The Balaban J connectivity index is 1.30. The first kappa shape index (κ1) is 21.4. The van der Waals surface area contributed by atoms with Crippen molar-refractivity contribution in [1.82, 2.24) is 19.1 Å². The van der Waals surface area contributed by atoms with Gasteiger partial charge in [0.15, 0.2) is 0 Å². The third-order valence-electron chi connectivity index (χ3n) is 5.73. The number of pyridine rings is 1. The van der Waals surface area contributed by atoms with Crippen LogP contribution in [0.1, 0.15) is 29.7 Å². The number of hydrogen-bond acceptors (Lipinski definition) is 6. The standard InChI is InChI=1S/C21H28N4O3S2/c26-20(24-13-11-23(12-14-24)17-18-5-4-8-22-16-18)15-19-6-7-21(29-19)30(27,28)25-9-2-1-3-10-25/h4-8,16H,1-3,9-15,17H2. The van der Waals surface area contributed by atoms with Crippen LogP contribution in [0, 0.1) is 0 Å². The number of piperazine rings is 1. The molecule has 0 unspecified atom stereocenters. The predicted octanol–water partition coefficient (Wildman–Crippen LogP) is 2.20. The van der Waals surface area contributed by atoms with Crippen LogP contribution in [0.3, 0.4) is 0 Å². The SMILES string of the molecule is O=C(Cc1ccc(S(=O)(=O)N2CCCCC2)s1)N1CCN(Cc2cccnc2)CC1. The lowest BCUT2D eigenvalue weighted by Crippen LogP contribution is -2.48. The summed E-state index contributed by atoms with van der Waals surface area (Å²) >= 11 is 1.23. The van der Waals surface area contributed by atoms with Gasteiger partial charge in [-0.15, -0.1) is 11.3 Å². The van der Waals surface area contributed by atoms with E-state index in [9.17, 15) is 13.2 Å². The second-order valence-electron chi connectivity index (χ2n) is 7.88. The highest BCUT2D eigenvalue weighted by atomic mass is 32.2.